The number of piperazine rings is 1. The summed E-state index contributed by atoms with van der Waals surface area (Å²) < 4.78 is 45.6. The number of carbonyl (C=O) groups is 3. The number of likely N-dealkylation sites (N-methyl/N-ethyl adjacent to an activating group) is 2. The highest BCUT2D eigenvalue weighted by atomic mass is 16.7. The van der Waals surface area contributed by atoms with Crippen molar-refractivity contribution in [3.63, 3.8) is 0 Å². The van der Waals surface area contributed by atoms with Crippen LogP contribution < -0.4 is 16.0 Å². The van der Waals surface area contributed by atoms with Crippen molar-refractivity contribution < 1.29 is 68.0 Å². The van der Waals surface area contributed by atoms with Gasteiger partial charge in [-0.3, -0.25) is 9.69 Å². The Kier molecular flexibility index (Phi) is 20.8. The van der Waals surface area contributed by atoms with Crippen LogP contribution in [0.25, 0.3) is 0 Å². The van der Waals surface area contributed by atoms with Crippen LogP contribution in [0.5, 0.6) is 0 Å². The number of nitrogens with zero attached hydrogens (tertiary/aromatic N) is 3. The Morgan fingerprint density at radius 3 is 2.14 bits per heavy atom. The van der Waals surface area contributed by atoms with E-state index in [1.807, 2.05) is 41.5 Å². The maximum Gasteiger partial charge on any atom is 0.407 e. The molecular formula is C50H94N6O14. The van der Waals surface area contributed by atoms with Crippen molar-refractivity contribution in [1.29, 1.82) is 0 Å². The van der Waals surface area contributed by atoms with Gasteiger partial charge in [-0.05, 0) is 115 Å². The zero-order valence-corrected chi connectivity index (χ0v) is 45.6. The fourth-order valence-corrected chi connectivity index (χ4v) is 10.9. The van der Waals surface area contributed by atoms with Crippen LogP contribution in [-0.2, 0) is 38.0 Å². The highest BCUT2D eigenvalue weighted by Crippen LogP contribution is 2.44. The van der Waals surface area contributed by atoms with Gasteiger partial charge in [-0.2, -0.15) is 0 Å². The van der Waals surface area contributed by atoms with Crippen LogP contribution in [0.4, 0.5) is 9.59 Å². The number of cyclic esters (lactones) is 1. The average Bonchev–Trinajstić information content (AvgIpc) is 3.26. The molecule has 4 heterocycles. The van der Waals surface area contributed by atoms with Gasteiger partial charge in [0.25, 0.3) is 0 Å². The van der Waals surface area contributed by atoms with Gasteiger partial charge < -0.3 is 79.3 Å². The molecule has 0 aromatic carbocycles. The fourth-order valence-electron chi connectivity index (χ4n) is 10.9. The second-order valence-corrected chi connectivity index (χ2v) is 22.8. The number of hydrogen-bond acceptors (Lipinski definition) is 17. The number of carbonyl (C=O) groups excluding carboxylic acids is 3. The molecule has 4 saturated heterocycles. The lowest BCUT2D eigenvalue weighted by atomic mass is 9.74. The molecule has 0 spiro atoms. The summed E-state index contributed by atoms with van der Waals surface area (Å²) in [6, 6.07) is -1.83. The first-order valence-corrected chi connectivity index (χ1v) is 25.7. The van der Waals surface area contributed by atoms with Gasteiger partial charge in [-0.15, -0.1) is 0 Å². The number of amides is 3. The number of aliphatic hydroxyl groups excluding tert-OH is 1. The molecule has 0 bridgehead atoms. The SMILES string of the molecule is CCNC(=O)O[C@H]1[C@H](O[C@@H]2[C@@H](C)[C@H](O[C@H]3C[C@@](C)(OC)[C@](O)(CN4CCN(C)CC4)[C@H](C)O3)[C@@H](C)C(=O)O[C@H](CC)[C@@](C)(O)[C@H](O)[C@@H](C)NC[C@H](C)C[C@@]2(C)O)O[C@H](C)C[C@@H]1N(C)C(=O)NC(C)(C)C. The van der Waals surface area contributed by atoms with Gasteiger partial charge in [0.15, 0.2) is 18.7 Å². The van der Waals surface area contributed by atoms with Crippen molar-refractivity contribution in [2.45, 2.75) is 218 Å². The highest BCUT2D eigenvalue weighted by Gasteiger charge is 2.59. The van der Waals surface area contributed by atoms with Crippen molar-refractivity contribution in [2.24, 2.45) is 17.8 Å². The molecule has 4 rings (SSSR count). The molecule has 0 saturated carbocycles. The highest BCUT2D eigenvalue weighted by molar-refractivity contribution is 5.75. The van der Waals surface area contributed by atoms with Crippen molar-refractivity contribution in [2.75, 3.05) is 67.0 Å². The van der Waals surface area contributed by atoms with E-state index in [0.29, 0.717) is 6.54 Å². The third kappa shape index (κ3) is 14.4. The fraction of sp³-hybridized carbons (Fsp3) is 0.940. The van der Waals surface area contributed by atoms with Crippen molar-refractivity contribution in [1.82, 2.24) is 30.7 Å². The molecule has 0 aromatic rings. The molecule has 0 radical (unpaired) electrons. The van der Waals surface area contributed by atoms with Crippen molar-refractivity contribution >= 4 is 18.1 Å². The number of urea groups is 1. The van der Waals surface area contributed by atoms with E-state index >= 15 is 0 Å². The summed E-state index contributed by atoms with van der Waals surface area (Å²) in [5.74, 6) is -3.08. The zero-order chi connectivity index (χ0) is 52.9. The molecule has 0 aliphatic carbocycles. The molecule has 408 valence electrons. The molecule has 0 unspecified atom stereocenters. The molecule has 18 atom stereocenters. The lowest BCUT2D eigenvalue weighted by Crippen LogP contribution is -2.71. The lowest BCUT2D eigenvalue weighted by Gasteiger charge is -2.55. The Morgan fingerprint density at radius 1 is 0.943 bits per heavy atom. The second kappa shape index (κ2) is 24.3. The van der Waals surface area contributed by atoms with Gasteiger partial charge in [0.1, 0.15) is 29.0 Å². The Bertz CT molecular complexity index is 1700. The first-order valence-electron chi connectivity index (χ1n) is 25.7. The zero-order valence-electron chi connectivity index (χ0n) is 45.6. The smallest absolute Gasteiger partial charge is 0.407 e. The minimum absolute atomic E-state index is 0.0421. The number of nitrogens with one attached hydrogen (secondary N) is 3. The summed E-state index contributed by atoms with van der Waals surface area (Å²) in [6.45, 7) is 28.7. The molecular weight excluding hydrogens is 909 g/mol. The molecule has 20 heteroatoms. The van der Waals surface area contributed by atoms with Gasteiger partial charge in [-0.1, -0.05) is 20.8 Å². The van der Waals surface area contributed by atoms with Gasteiger partial charge >= 0.3 is 18.1 Å². The number of alkyl carbamates (subject to hydrolysis) is 1. The number of ether oxygens (including phenoxy) is 7. The first-order chi connectivity index (χ1) is 32.3. The van der Waals surface area contributed by atoms with E-state index in [-0.39, 0.29) is 44.7 Å². The topological polar surface area (TPSA) is 243 Å². The van der Waals surface area contributed by atoms with Crippen LogP contribution in [0.1, 0.15) is 123 Å². The van der Waals surface area contributed by atoms with Crippen molar-refractivity contribution in [3.05, 3.63) is 0 Å². The van der Waals surface area contributed by atoms with E-state index in [1.54, 1.807) is 62.6 Å². The van der Waals surface area contributed by atoms with Crippen LogP contribution >= 0.6 is 0 Å². The number of β-amino-alcohol motifs (C(OH)–C–C–N with tert-alkyl or cyclic N) is 1. The molecule has 70 heavy (non-hydrogen) atoms. The summed E-state index contributed by atoms with van der Waals surface area (Å²) in [5.41, 5.74) is -6.88. The Labute approximate surface area is 418 Å². The van der Waals surface area contributed by atoms with E-state index in [0.717, 1.165) is 26.2 Å². The molecule has 0 aromatic heterocycles. The van der Waals surface area contributed by atoms with E-state index in [2.05, 4.69) is 32.8 Å². The van der Waals surface area contributed by atoms with Crippen LogP contribution in [0.15, 0.2) is 0 Å². The predicted octanol–water partition coefficient (Wildman–Crippen LogP) is 2.81. The van der Waals surface area contributed by atoms with E-state index in [1.165, 1.54) is 11.8 Å². The summed E-state index contributed by atoms with van der Waals surface area (Å²) in [7, 11) is 5.23. The second-order valence-electron chi connectivity index (χ2n) is 22.8. The standard InChI is InChI=1S/C50H94N6O14/c1-18-36-49(14,62)40(57)33(7)52-27-29(3)25-47(12,61)41(70-43-39(69-45(60)51-19-2)35(24-30(4)65-43)55(16)44(59)53-46(9,10)11)31(5)38(32(6)42(58)67-36)68-37-26-48(13,64-17)50(63,34(8)66-37)28-56-22-20-54(15)21-23-56/h29-41,43,52,57,61-63H,18-28H2,1-17H3,(H,51,60)(H,53,59)/t29-,30-,31+,32-,33-,34+,35+,36-,37+,38+,39-,40-,41-,43+,47-,48-,49-,50+/m1/s1. The number of methoxy groups -OCH3 is 1. The van der Waals surface area contributed by atoms with Crippen LogP contribution in [0.3, 0.4) is 0 Å². The summed E-state index contributed by atoms with van der Waals surface area (Å²) in [6.07, 6.45) is -10.1. The average molecular weight is 1000 g/mol. The maximum absolute atomic E-state index is 14.7. The van der Waals surface area contributed by atoms with E-state index in [4.69, 9.17) is 33.2 Å². The largest absolute Gasteiger partial charge is 0.459 e. The summed E-state index contributed by atoms with van der Waals surface area (Å²) in [5, 5.41) is 58.0. The number of aliphatic hydroxyl groups is 4. The van der Waals surface area contributed by atoms with Crippen LogP contribution in [0.2, 0.25) is 0 Å². The van der Waals surface area contributed by atoms with Gasteiger partial charge in [0.05, 0.1) is 42.0 Å². The third-order valence-corrected chi connectivity index (χ3v) is 15.4. The molecule has 4 fully saturated rings. The van der Waals surface area contributed by atoms with E-state index in [9.17, 15) is 34.8 Å². The molecule has 4 aliphatic rings. The Hall–Kier alpha value is -2.47. The minimum atomic E-state index is -1.88. The van der Waals surface area contributed by atoms with Gasteiger partial charge in [0, 0.05) is 77.3 Å². The van der Waals surface area contributed by atoms with Crippen LogP contribution in [-0.4, -0.2) is 216 Å². The molecule has 4 aliphatic heterocycles. The Balaban J connectivity index is 1.87. The molecule has 3 amide bonds. The third-order valence-electron chi connectivity index (χ3n) is 15.4. The number of hydrogen-bond donors (Lipinski definition) is 7. The quantitative estimate of drug-likeness (QED) is 0.147. The lowest BCUT2D eigenvalue weighted by molar-refractivity contribution is -0.339. The normalized spacial score (nSPS) is 42.4. The monoisotopic (exact) mass is 1000 g/mol. The number of rotatable bonds is 11. The van der Waals surface area contributed by atoms with Gasteiger partial charge in [0.2, 0.25) is 0 Å². The predicted molar refractivity (Wildman–Crippen MR) is 263 cm³/mol. The summed E-state index contributed by atoms with van der Waals surface area (Å²) >= 11 is 0. The molecule has 20 nitrogen and oxygen atoms in total. The molecule has 7 N–H and O–H groups in total. The Morgan fingerprint density at radius 2 is 1.57 bits per heavy atom. The summed E-state index contributed by atoms with van der Waals surface area (Å²) in [4.78, 5) is 47.8. The van der Waals surface area contributed by atoms with Crippen LogP contribution in [0, 0.1) is 17.8 Å². The van der Waals surface area contributed by atoms with Crippen molar-refractivity contribution in [3.8, 4) is 0 Å². The van der Waals surface area contributed by atoms with E-state index < -0.39 is 125 Å². The number of esters is 1. The van der Waals surface area contributed by atoms with Gasteiger partial charge in [-0.25, -0.2) is 9.59 Å². The maximum atomic E-state index is 14.7. The first kappa shape index (κ1) is 60.1. The minimum Gasteiger partial charge on any atom is -0.459 e.